The summed E-state index contributed by atoms with van der Waals surface area (Å²) in [6.45, 7) is 3.46. The number of nitrogens with one attached hydrogen (secondary N) is 1. The van der Waals surface area contributed by atoms with Crippen molar-refractivity contribution in [1.82, 2.24) is 10.7 Å². The van der Waals surface area contributed by atoms with Crippen molar-refractivity contribution in [2.75, 3.05) is 0 Å². The quantitative estimate of drug-likeness (QED) is 0.265. The van der Waals surface area contributed by atoms with Crippen LogP contribution in [0.15, 0.2) is 5.29 Å². The van der Waals surface area contributed by atoms with Gasteiger partial charge in [0, 0.05) is 6.04 Å². The first-order valence-corrected chi connectivity index (χ1v) is 2.23. The number of nitrogens with zero attached hydrogens (tertiary/aromatic N) is 2. The number of hydrogen-bond acceptors (Lipinski definition) is 4. The van der Waals surface area contributed by atoms with E-state index in [4.69, 9.17) is 0 Å². The van der Waals surface area contributed by atoms with Gasteiger partial charge in [-0.1, -0.05) is 0 Å². The van der Waals surface area contributed by atoms with Gasteiger partial charge in [-0.3, -0.25) is 5.28 Å². The second-order valence-corrected chi connectivity index (χ2v) is 1.64. The number of hydrazine groups is 1. The Hall–Kier alpha value is 0.320. The van der Waals surface area contributed by atoms with Crippen LogP contribution in [0.1, 0.15) is 13.8 Å². The fourth-order valence-corrected chi connectivity index (χ4v) is 0.244. The average Bonchev–Trinajstić information content (AvgIpc) is 1.65. The fourth-order valence-electron chi connectivity index (χ4n) is 0.244. The van der Waals surface area contributed by atoms with Crippen LogP contribution in [0.2, 0.25) is 0 Å². The van der Waals surface area contributed by atoms with Crippen LogP contribution in [-0.4, -0.2) is 11.3 Å². The molecule has 0 fully saturated rings. The molecule has 0 heterocycles. The van der Waals surface area contributed by atoms with E-state index in [0.717, 1.165) is 0 Å². The number of hydrogen-bond donors (Lipinski definition) is 1. The molecule has 0 atom stereocenters. The van der Waals surface area contributed by atoms with Crippen LogP contribution in [0.25, 0.3) is 0 Å². The Balaban J connectivity index is 0. The summed E-state index contributed by atoms with van der Waals surface area (Å²) in [7, 11) is 0. The van der Waals surface area contributed by atoms with Crippen LogP contribution in [0.5, 0.6) is 0 Å². The van der Waals surface area contributed by atoms with Crippen LogP contribution in [-0.2, 0) is 0 Å². The van der Waals surface area contributed by atoms with Crippen molar-refractivity contribution in [2.45, 2.75) is 19.9 Å². The molecule has 1 N–H and O–H groups in total. The number of nitroso groups, excluding NO2 is 1. The van der Waals surface area contributed by atoms with E-state index in [1.54, 1.807) is 13.8 Å². The van der Waals surface area contributed by atoms with Crippen molar-refractivity contribution in [3.63, 3.8) is 0 Å². The zero-order chi connectivity index (χ0) is 6.57. The molecule has 0 unspecified atom stereocenters. The minimum atomic E-state index is -0.106. The molecular weight excluding hydrogens is 133 g/mol. The fraction of sp³-hybridized carbons (Fsp3) is 1.00. The Kier molecular flexibility index (Phi) is 8.62. The first kappa shape index (κ1) is 12.0. The van der Waals surface area contributed by atoms with Gasteiger partial charge in [0.25, 0.3) is 0 Å². The van der Waals surface area contributed by atoms with E-state index in [9.17, 15) is 10.1 Å². The van der Waals surface area contributed by atoms with Crippen LogP contribution in [0.4, 0.5) is 0 Å². The van der Waals surface area contributed by atoms with Gasteiger partial charge in [-0.15, -0.1) is 4.91 Å². The van der Waals surface area contributed by atoms with Gasteiger partial charge in [-0.05, 0) is 13.8 Å². The molecule has 0 radical (unpaired) electrons. The minimum absolute atomic E-state index is 0. The van der Waals surface area contributed by atoms with Crippen LogP contribution in [0.3, 0.4) is 0 Å². The van der Waals surface area contributed by atoms with E-state index in [1.807, 2.05) is 5.29 Å². The maximum absolute atomic E-state index is 9.95. The molecule has 0 amide bonds. The third-order valence-corrected chi connectivity index (χ3v) is 0.443. The van der Waals surface area contributed by atoms with E-state index in [1.165, 1.54) is 0 Å². The van der Waals surface area contributed by atoms with Crippen molar-refractivity contribution in [3.05, 3.63) is 10.1 Å². The summed E-state index contributed by atoms with van der Waals surface area (Å²) < 4.78 is 0. The van der Waals surface area contributed by atoms with E-state index in [0.29, 0.717) is 0 Å². The first-order chi connectivity index (χ1) is 3.66. The summed E-state index contributed by atoms with van der Waals surface area (Å²) in [5, 5.41) is 11.9. The number of rotatable bonds is 3. The van der Waals surface area contributed by atoms with Gasteiger partial charge in [0.15, 0.2) is 0 Å². The van der Waals surface area contributed by atoms with Crippen molar-refractivity contribution < 1.29 is 29.6 Å². The van der Waals surface area contributed by atoms with E-state index >= 15 is 0 Å². The van der Waals surface area contributed by atoms with Crippen molar-refractivity contribution in [2.24, 2.45) is 5.29 Å². The van der Waals surface area contributed by atoms with E-state index in [2.05, 4.69) is 5.43 Å². The SMILES string of the molecule is CC(C)NN([O-])N=O.[Na+]. The molecule has 0 aliphatic heterocycles. The molecule has 0 aromatic heterocycles. The molecular formula is C3H8N3NaO2. The molecule has 0 aromatic carbocycles. The molecule has 0 aliphatic rings. The predicted molar refractivity (Wildman–Crippen MR) is 29.3 cm³/mol. The zero-order valence-corrected chi connectivity index (χ0v) is 7.79. The molecule has 0 aromatic rings. The van der Waals surface area contributed by atoms with Crippen LogP contribution < -0.4 is 35.0 Å². The summed E-state index contributed by atoms with van der Waals surface area (Å²) in [6.07, 6.45) is 0. The predicted octanol–water partition coefficient (Wildman–Crippen LogP) is -2.62. The molecule has 0 saturated carbocycles. The minimum Gasteiger partial charge on any atom is -0.724 e. The van der Waals surface area contributed by atoms with E-state index in [-0.39, 0.29) is 40.9 Å². The van der Waals surface area contributed by atoms with Gasteiger partial charge in [0.05, 0.1) is 5.29 Å². The molecule has 0 spiro atoms. The van der Waals surface area contributed by atoms with Gasteiger partial charge < -0.3 is 5.21 Å². The Bertz CT molecular complexity index is 79.5. The van der Waals surface area contributed by atoms with Gasteiger partial charge >= 0.3 is 29.6 Å². The molecule has 9 heavy (non-hydrogen) atoms. The standard InChI is InChI=1S/C3H8N3O2.Na/c1-3(2)4-6(8)5-7;/h3-4H,1-2H3;/q-1;+1. The summed E-state index contributed by atoms with van der Waals surface area (Å²) in [5.74, 6) is 0. The maximum atomic E-state index is 9.95. The Morgan fingerprint density at radius 1 is 1.67 bits per heavy atom. The summed E-state index contributed by atoms with van der Waals surface area (Å²) in [6, 6.07) is -0.0507. The normalized spacial score (nSPS) is 8.44. The van der Waals surface area contributed by atoms with Crippen LogP contribution in [0, 0.1) is 10.1 Å². The summed E-state index contributed by atoms with van der Waals surface area (Å²) >= 11 is 0. The smallest absolute Gasteiger partial charge is 0.724 e. The first-order valence-electron chi connectivity index (χ1n) is 2.23. The topological polar surface area (TPSA) is 67.8 Å². The van der Waals surface area contributed by atoms with Gasteiger partial charge in [0.1, 0.15) is 0 Å². The van der Waals surface area contributed by atoms with Gasteiger partial charge in [-0.2, -0.15) is 0 Å². The Morgan fingerprint density at radius 3 is 2.22 bits per heavy atom. The second kappa shape index (κ2) is 6.44. The molecule has 0 bridgehead atoms. The van der Waals surface area contributed by atoms with Crippen molar-refractivity contribution in [3.8, 4) is 0 Å². The summed E-state index contributed by atoms with van der Waals surface area (Å²) in [5.41, 5.74) is 2.19. The van der Waals surface area contributed by atoms with Gasteiger partial charge in [-0.25, -0.2) is 5.43 Å². The molecule has 0 rings (SSSR count). The van der Waals surface area contributed by atoms with Crippen LogP contribution >= 0.6 is 0 Å². The van der Waals surface area contributed by atoms with E-state index < -0.39 is 0 Å². The second-order valence-electron chi connectivity index (χ2n) is 1.64. The Morgan fingerprint density at radius 2 is 2.11 bits per heavy atom. The van der Waals surface area contributed by atoms with Crippen molar-refractivity contribution >= 4 is 0 Å². The molecule has 0 aliphatic carbocycles. The molecule has 6 heteroatoms. The molecule has 48 valence electrons. The third kappa shape index (κ3) is 8.32. The zero-order valence-electron chi connectivity index (χ0n) is 5.79. The van der Waals surface area contributed by atoms with Crippen molar-refractivity contribution in [1.29, 1.82) is 0 Å². The largest absolute Gasteiger partial charge is 1.00 e. The monoisotopic (exact) mass is 141 g/mol. The molecule has 0 saturated heterocycles. The third-order valence-electron chi connectivity index (χ3n) is 0.443. The Labute approximate surface area is 75.6 Å². The maximum Gasteiger partial charge on any atom is 1.00 e. The van der Waals surface area contributed by atoms with Gasteiger partial charge in [0.2, 0.25) is 0 Å². The average molecular weight is 141 g/mol. The summed E-state index contributed by atoms with van der Waals surface area (Å²) in [4.78, 5) is 9.34. The molecule has 5 nitrogen and oxygen atoms in total.